The first-order valence-electron chi connectivity index (χ1n) is 6.53. The van der Waals surface area contributed by atoms with Crippen LogP contribution in [0.25, 0.3) is 0 Å². The average molecular weight is 266 g/mol. The minimum absolute atomic E-state index is 0.184. The Bertz CT molecular complexity index is 388. The van der Waals surface area contributed by atoms with Crippen LogP contribution >= 0.6 is 0 Å². The third-order valence-electron chi connectivity index (χ3n) is 2.95. The number of hydrogen-bond acceptors (Lipinski definition) is 3. The second-order valence-electron chi connectivity index (χ2n) is 4.99. The lowest BCUT2D eigenvalue weighted by Crippen LogP contribution is -2.29. The van der Waals surface area contributed by atoms with Crippen LogP contribution in [0.4, 0.5) is 4.79 Å². The van der Waals surface area contributed by atoms with Crippen LogP contribution in [0, 0.1) is 0 Å². The largest absolute Gasteiger partial charge is 0.506 e. The molecule has 1 unspecified atom stereocenters. The molecular weight excluding hydrogens is 244 g/mol. The summed E-state index contributed by atoms with van der Waals surface area (Å²) in [6.45, 7) is 6.35. The fourth-order valence-corrected chi connectivity index (χ4v) is 1.97. The van der Waals surface area contributed by atoms with Crippen molar-refractivity contribution in [3.8, 4) is 0 Å². The Morgan fingerprint density at radius 1 is 1.32 bits per heavy atom. The lowest BCUT2D eigenvalue weighted by Gasteiger charge is -2.28. The zero-order valence-corrected chi connectivity index (χ0v) is 11.8. The third kappa shape index (κ3) is 5.30. The molecule has 0 heterocycles. The van der Waals surface area contributed by atoms with E-state index in [-0.39, 0.29) is 6.10 Å². The lowest BCUT2D eigenvalue weighted by atomic mass is 9.91. The van der Waals surface area contributed by atoms with Crippen LogP contribution in [0.1, 0.15) is 39.2 Å². The van der Waals surface area contributed by atoms with Crippen molar-refractivity contribution in [3.63, 3.8) is 0 Å². The van der Waals surface area contributed by atoms with Crippen LogP contribution in [-0.4, -0.2) is 24.0 Å². The summed E-state index contributed by atoms with van der Waals surface area (Å²) in [5.41, 5.74) is 0.0370. The number of rotatable bonds is 7. The van der Waals surface area contributed by atoms with Crippen LogP contribution in [0.5, 0.6) is 0 Å². The third-order valence-corrected chi connectivity index (χ3v) is 2.95. The van der Waals surface area contributed by atoms with Gasteiger partial charge in [0, 0.05) is 6.61 Å². The van der Waals surface area contributed by atoms with E-state index in [0.29, 0.717) is 13.0 Å². The summed E-state index contributed by atoms with van der Waals surface area (Å²) in [5, 5.41) is 8.90. The topological polar surface area (TPSA) is 55.8 Å². The van der Waals surface area contributed by atoms with Crippen LogP contribution in [0.3, 0.4) is 0 Å². The summed E-state index contributed by atoms with van der Waals surface area (Å²) < 4.78 is 10.6. The van der Waals surface area contributed by atoms with Gasteiger partial charge >= 0.3 is 6.16 Å². The summed E-state index contributed by atoms with van der Waals surface area (Å²) in [7, 11) is 0. The van der Waals surface area contributed by atoms with Crippen LogP contribution in [-0.2, 0) is 15.1 Å². The second kappa shape index (κ2) is 7.14. The average Bonchev–Trinajstić information content (AvgIpc) is 2.35. The van der Waals surface area contributed by atoms with Crippen molar-refractivity contribution in [2.45, 2.75) is 45.3 Å². The molecule has 0 saturated heterocycles. The summed E-state index contributed by atoms with van der Waals surface area (Å²) in [6.07, 6.45) is 0.270. The van der Waals surface area contributed by atoms with E-state index >= 15 is 0 Å². The van der Waals surface area contributed by atoms with Gasteiger partial charge in [-0.2, -0.15) is 0 Å². The Labute approximate surface area is 114 Å². The van der Waals surface area contributed by atoms with Crippen molar-refractivity contribution in [1.82, 2.24) is 0 Å². The molecule has 1 aromatic rings. The fraction of sp³-hybridized carbons (Fsp3) is 0.533. The van der Waals surface area contributed by atoms with Gasteiger partial charge in [0.25, 0.3) is 0 Å². The highest BCUT2D eigenvalue weighted by Gasteiger charge is 2.30. The summed E-state index contributed by atoms with van der Waals surface area (Å²) in [4.78, 5) is 10.9. The molecule has 1 aromatic carbocycles. The fourth-order valence-electron chi connectivity index (χ4n) is 1.97. The van der Waals surface area contributed by atoms with Gasteiger partial charge < -0.3 is 14.6 Å². The molecule has 106 valence electrons. The molecule has 0 aromatic heterocycles. The second-order valence-corrected chi connectivity index (χ2v) is 4.99. The van der Waals surface area contributed by atoms with Gasteiger partial charge in [-0.3, -0.25) is 0 Å². The number of benzene rings is 1. The van der Waals surface area contributed by atoms with E-state index in [1.165, 1.54) is 0 Å². The van der Waals surface area contributed by atoms with Gasteiger partial charge in [0.15, 0.2) is 0 Å². The monoisotopic (exact) mass is 266 g/mol. The lowest BCUT2D eigenvalue weighted by molar-refractivity contribution is -0.0243. The Kier molecular flexibility index (Phi) is 5.83. The molecule has 1 atom stereocenters. The van der Waals surface area contributed by atoms with E-state index in [1.54, 1.807) is 6.92 Å². The number of carbonyl (C=O) groups is 1. The first-order chi connectivity index (χ1) is 8.94. The molecule has 0 aliphatic rings. The van der Waals surface area contributed by atoms with Gasteiger partial charge in [0.1, 0.15) is 5.60 Å². The molecule has 0 aliphatic carbocycles. The zero-order chi connectivity index (χ0) is 14.3. The minimum Gasteiger partial charge on any atom is -0.450 e. The van der Waals surface area contributed by atoms with E-state index in [0.717, 1.165) is 12.0 Å². The SMILES string of the molecule is CC(C)OCCCC(C)(OC(=O)O)c1ccccc1. The standard InChI is InChI=1S/C15H22O4/c1-12(2)18-11-7-10-15(3,19-14(16)17)13-8-5-4-6-9-13/h4-6,8-9,12H,7,10-11H2,1-3H3,(H,16,17). The predicted octanol–water partition coefficient (Wildman–Crippen LogP) is 3.80. The first kappa shape index (κ1) is 15.5. The van der Waals surface area contributed by atoms with Crippen molar-refractivity contribution < 1.29 is 19.4 Å². The maximum atomic E-state index is 10.9. The van der Waals surface area contributed by atoms with Gasteiger partial charge in [-0.15, -0.1) is 0 Å². The van der Waals surface area contributed by atoms with Crippen molar-refractivity contribution in [2.24, 2.45) is 0 Å². The summed E-state index contributed by atoms with van der Waals surface area (Å²) in [6, 6.07) is 9.41. The molecule has 4 nitrogen and oxygen atoms in total. The van der Waals surface area contributed by atoms with Gasteiger partial charge in [0.05, 0.1) is 6.10 Å². The highest BCUT2D eigenvalue weighted by molar-refractivity contribution is 5.58. The smallest absolute Gasteiger partial charge is 0.450 e. The molecule has 0 saturated carbocycles. The highest BCUT2D eigenvalue weighted by Crippen LogP contribution is 2.30. The molecule has 19 heavy (non-hydrogen) atoms. The van der Waals surface area contributed by atoms with E-state index in [1.807, 2.05) is 44.2 Å². The van der Waals surface area contributed by atoms with Crippen LogP contribution in [0.15, 0.2) is 30.3 Å². The Morgan fingerprint density at radius 2 is 1.95 bits per heavy atom. The van der Waals surface area contributed by atoms with Crippen molar-refractivity contribution in [3.05, 3.63) is 35.9 Å². The minimum atomic E-state index is -1.25. The van der Waals surface area contributed by atoms with Crippen LogP contribution in [0.2, 0.25) is 0 Å². The molecule has 0 radical (unpaired) electrons. The number of carboxylic acid groups (broad SMARTS) is 1. The molecule has 1 rings (SSSR count). The predicted molar refractivity (Wildman–Crippen MR) is 73.2 cm³/mol. The summed E-state index contributed by atoms with van der Waals surface area (Å²) >= 11 is 0. The Hall–Kier alpha value is -1.55. The number of hydrogen-bond donors (Lipinski definition) is 1. The van der Waals surface area contributed by atoms with Crippen molar-refractivity contribution in [2.75, 3.05) is 6.61 Å². The van der Waals surface area contributed by atoms with Crippen molar-refractivity contribution >= 4 is 6.16 Å². The maximum Gasteiger partial charge on any atom is 0.506 e. The van der Waals surface area contributed by atoms with Crippen molar-refractivity contribution in [1.29, 1.82) is 0 Å². The van der Waals surface area contributed by atoms with Gasteiger partial charge in [-0.05, 0) is 39.2 Å². The zero-order valence-electron chi connectivity index (χ0n) is 11.8. The molecule has 1 N–H and O–H groups in total. The summed E-state index contributed by atoms with van der Waals surface area (Å²) in [5.74, 6) is 0. The first-order valence-corrected chi connectivity index (χ1v) is 6.53. The molecule has 0 amide bonds. The van der Waals surface area contributed by atoms with E-state index in [4.69, 9.17) is 14.6 Å². The Balaban J connectivity index is 2.68. The van der Waals surface area contributed by atoms with Crippen LogP contribution < -0.4 is 0 Å². The van der Waals surface area contributed by atoms with E-state index in [9.17, 15) is 4.79 Å². The molecule has 0 spiro atoms. The van der Waals surface area contributed by atoms with E-state index < -0.39 is 11.8 Å². The van der Waals surface area contributed by atoms with Gasteiger partial charge in [-0.25, -0.2) is 4.79 Å². The molecule has 0 aliphatic heterocycles. The quantitative estimate of drug-likeness (QED) is 0.602. The molecular formula is C15H22O4. The van der Waals surface area contributed by atoms with E-state index in [2.05, 4.69) is 0 Å². The maximum absolute atomic E-state index is 10.9. The Morgan fingerprint density at radius 3 is 2.47 bits per heavy atom. The number of ether oxygens (including phenoxy) is 2. The van der Waals surface area contributed by atoms with Gasteiger partial charge in [0.2, 0.25) is 0 Å². The molecule has 0 bridgehead atoms. The highest BCUT2D eigenvalue weighted by atomic mass is 16.7. The normalized spacial score (nSPS) is 14.1. The van der Waals surface area contributed by atoms with Gasteiger partial charge in [-0.1, -0.05) is 30.3 Å². The molecule has 0 fully saturated rings. The molecule has 4 heteroatoms.